The van der Waals surface area contributed by atoms with Gasteiger partial charge in [0.05, 0.1) is 11.4 Å². The van der Waals surface area contributed by atoms with E-state index in [1.165, 1.54) is 11.8 Å². The summed E-state index contributed by atoms with van der Waals surface area (Å²) in [5.74, 6) is -0.0618. The predicted molar refractivity (Wildman–Crippen MR) is 163 cm³/mol. The van der Waals surface area contributed by atoms with Gasteiger partial charge in [-0.3, -0.25) is 13.9 Å². The molecule has 0 saturated carbocycles. The quantitative estimate of drug-likeness (QED) is 0.277. The van der Waals surface area contributed by atoms with Gasteiger partial charge in [0.25, 0.3) is 0 Å². The second-order valence-corrected chi connectivity index (χ2v) is 12.5. The highest BCUT2D eigenvalue weighted by molar-refractivity contribution is 7.92. The van der Waals surface area contributed by atoms with Crippen molar-refractivity contribution in [1.29, 1.82) is 0 Å². The molecule has 0 bridgehead atoms. The average molecular weight is 594 g/mol. The van der Waals surface area contributed by atoms with Gasteiger partial charge < -0.3 is 19.7 Å². The van der Waals surface area contributed by atoms with Gasteiger partial charge in [-0.2, -0.15) is 0 Å². The van der Waals surface area contributed by atoms with Crippen LogP contribution in [0.3, 0.4) is 0 Å². The van der Waals surface area contributed by atoms with E-state index in [2.05, 4.69) is 5.32 Å². The molecule has 1 unspecified atom stereocenters. The first-order chi connectivity index (χ1) is 20.2. The first-order valence-corrected chi connectivity index (χ1v) is 15.9. The molecular weight excluding hydrogens is 554 g/mol. The number of rotatable bonds is 14. The number of aryl methyl sites for hydroxylation is 1. The molecule has 0 aliphatic carbocycles. The van der Waals surface area contributed by atoms with Crippen molar-refractivity contribution in [3.05, 3.63) is 89.5 Å². The summed E-state index contributed by atoms with van der Waals surface area (Å²) in [6.07, 6.45) is 2.00. The maximum Gasteiger partial charge on any atom is 0.244 e. The van der Waals surface area contributed by atoms with Crippen LogP contribution in [0.1, 0.15) is 43.4 Å². The standard InChI is InChI=1S/C32H39N3O6S/c1-4-6-17-33-32(37)28(19-25-12-8-7-9-13-25)34(21-26-14-10-11-24(3)18-26)31(36)22-35(42(38,39)5-2)27-15-16-29-30(20-27)41-23-40-29/h7-16,18,20,28H,4-6,17,19,21-23H2,1-3H3,(H,33,37). The molecule has 2 amide bonds. The molecule has 3 aromatic rings. The summed E-state index contributed by atoms with van der Waals surface area (Å²) in [4.78, 5) is 29.5. The molecule has 3 aromatic carbocycles. The second kappa shape index (κ2) is 14.2. The van der Waals surface area contributed by atoms with Gasteiger partial charge in [-0.15, -0.1) is 0 Å². The van der Waals surface area contributed by atoms with Gasteiger partial charge in [0.15, 0.2) is 11.5 Å². The summed E-state index contributed by atoms with van der Waals surface area (Å²) in [7, 11) is -3.87. The van der Waals surface area contributed by atoms with Crippen molar-refractivity contribution in [2.24, 2.45) is 0 Å². The number of ether oxygens (including phenoxy) is 2. The molecule has 4 rings (SSSR count). The lowest BCUT2D eigenvalue weighted by Crippen LogP contribution is -2.53. The molecule has 1 heterocycles. The highest BCUT2D eigenvalue weighted by Gasteiger charge is 2.34. The minimum absolute atomic E-state index is 0.0385. The molecule has 0 radical (unpaired) electrons. The maximum absolute atomic E-state index is 14.3. The average Bonchev–Trinajstić information content (AvgIpc) is 3.46. The molecule has 0 aromatic heterocycles. The summed E-state index contributed by atoms with van der Waals surface area (Å²) >= 11 is 0. The number of carbonyl (C=O) groups excluding carboxylic acids is 2. The molecule has 1 aliphatic heterocycles. The van der Waals surface area contributed by atoms with E-state index in [0.717, 1.165) is 33.8 Å². The molecule has 1 N–H and O–H groups in total. The van der Waals surface area contributed by atoms with Crippen molar-refractivity contribution in [3.8, 4) is 11.5 Å². The van der Waals surface area contributed by atoms with Gasteiger partial charge in [-0.05, 0) is 43.5 Å². The number of carbonyl (C=O) groups is 2. The van der Waals surface area contributed by atoms with Gasteiger partial charge in [0, 0.05) is 25.6 Å². The van der Waals surface area contributed by atoms with E-state index in [4.69, 9.17) is 9.47 Å². The van der Waals surface area contributed by atoms with Crippen LogP contribution in [0, 0.1) is 6.92 Å². The summed E-state index contributed by atoms with van der Waals surface area (Å²) in [5, 5.41) is 3.00. The Kier molecular flexibility index (Phi) is 10.5. The van der Waals surface area contributed by atoms with Gasteiger partial charge in [0.1, 0.15) is 12.6 Å². The van der Waals surface area contributed by atoms with Crippen molar-refractivity contribution in [2.75, 3.05) is 29.9 Å². The zero-order valence-electron chi connectivity index (χ0n) is 24.4. The van der Waals surface area contributed by atoms with Gasteiger partial charge >= 0.3 is 0 Å². The van der Waals surface area contributed by atoms with Crippen LogP contribution in [0.2, 0.25) is 0 Å². The monoisotopic (exact) mass is 593 g/mol. The fraction of sp³-hybridized carbons (Fsp3) is 0.375. The van der Waals surface area contributed by atoms with Crippen LogP contribution in [0.4, 0.5) is 5.69 Å². The Labute approximate surface area is 248 Å². The van der Waals surface area contributed by atoms with Crippen LogP contribution in [0.5, 0.6) is 11.5 Å². The van der Waals surface area contributed by atoms with E-state index < -0.39 is 28.5 Å². The van der Waals surface area contributed by atoms with Crippen molar-refractivity contribution in [3.63, 3.8) is 0 Å². The highest BCUT2D eigenvalue weighted by atomic mass is 32.2. The maximum atomic E-state index is 14.3. The van der Waals surface area contributed by atoms with Crippen LogP contribution >= 0.6 is 0 Å². The number of sulfonamides is 1. The Morgan fingerprint density at radius 1 is 0.929 bits per heavy atom. The molecule has 9 nitrogen and oxygen atoms in total. The third kappa shape index (κ3) is 7.82. The topological polar surface area (TPSA) is 105 Å². The summed E-state index contributed by atoms with van der Waals surface area (Å²) in [6, 6.07) is 21.2. The second-order valence-electron chi connectivity index (χ2n) is 10.3. The number of benzene rings is 3. The molecular formula is C32H39N3O6S. The number of unbranched alkanes of at least 4 members (excludes halogenated alkanes) is 1. The smallest absolute Gasteiger partial charge is 0.244 e. The largest absolute Gasteiger partial charge is 0.454 e. The Hall–Kier alpha value is -4.05. The number of hydrogen-bond donors (Lipinski definition) is 1. The van der Waals surface area contributed by atoms with Crippen molar-refractivity contribution in [2.45, 2.75) is 52.6 Å². The fourth-order valence-electron chi connectivity index (χ4n) is 4.83. The van der Waals surface area contributed by atoms with Crippen LogP contribution in [0.15, 0.2) is 72.8 Å². The highest BCUT2D eigenvalue weighted by Crippen LogP contribution is 2.36. The summed E-state index contributed by atoms with van der Waals surface area (Å²) in [6.45, 7) is 5.72. The molecule has 0 spiro atoms. The molecule has 0 saturated heterocycles. The number of nitrogens with one attached hydrogen (secondary N) is 1. The molecule has 10 heteroatoms. The molecule has 1 aliphatic rings. The fourth-order valence-corrected chi connectivity index (χ4v) is 5.88. The minimum Gasteiger partial charge on any atom is -0.454 e. The van der Waals surface area contributed by atoms with Crippen LogP contribution in [-0.4, -0.2) is 56.8 Å². The Morgan fingerprint density at radius 3 is 2.38 bits per heavy atom. The first kappa shape index (κ1) is 30.9. The minimum atomic E-state index is -3.87. The molecule has 42 heavy (non-hydrogen) atoms. The number of anilines is 1. The van der Waals surface area contributed by atoms with Crippen LogP contribution in [-0.2, 0) is 32.6 Å². The van der Waals surface area contributed by atoms with E-state index in [1.54, 1.807) is 18.2 Å². The van der Waals surface area contributed by atoms with E-state index in [9.17, 15) is 18.0 Å². The first-order valence-electron chi connectivity index (χ1n) is 14.3. The Balaban J connectivity index is 1.73. The van der Waals surface area contributed by atoms with Gasteiger partial charge in [-0.25, -0.2) is 8.42 Å². The predicted octanol–water partition coefficient (Wildman–Crippen LogP) is 4.44. The number of fused-ring (bicyclic) bond motifs is 1. The van der Waals surface area contributed by atoms with Crippen molar-refractivity contribution < 1.29 is 27.5 Å². The van der Waals surface area contributed by atoms with E-state index in [-0.39, 0.29) is 37.1 Å². The Morgan fingerprint density at radius 2 is 1.67 bits per heavy atom. The summed E-state index contributed by atoms with van der Waals surface area (Å²) in [5.41, 5.74) is 3.04. The SMILES string of the molecule is CCCCNC(=O)C(Cc1ccccc1)N(Cc1cccc(C)c1)C(=O)CN(c1ccc2c(c1)OCO2)S(=O)(=O)CC. The van der Waals surface area contributed by atoms with Crippen LogP contribution < -0.4 is 19.1 Å². The van der Waals surface area contributed by atoms with Gasteiger partial charge in [0.2, 0.25) is 28.6 Å². The number of hydrogen-bond acceptors (Lipinski definition) is 6. The number of amides is 2. The lowest BCUT2D eigenvalue weighted by atomic mass is 10.0. The molecule has 224 valence electrons. The van der Waals surface area contributed by atoms with E-state index >= 15 is 0 Å². The lowest BCUT2D eigenvalue weighted by Gasteiger charge is -2.34. The third-order valence-electron chi connectivity index (χ3n) is 7.16. The molecule has 0 fully saturated rings. The van der Waals surface area contributed by atoms with Crippen molar-refractivity contribution >= 4 is 27.5 Å². The van der Waals surface area contributed by atoms with E-state index in [1.807, 2.05) is 68.4 Å². The zero-order chi connectivity index (χ0) is 30.1. The Bertz CT molecular complexity index is 1480. The van der Waals surface area contributed by atoms with Crippen molar-refractivity contribution in [1.82, 2.24) is 10.2 Å². The van der Waals surface area contributed by atoms with Gasteiger partial charge in [-0.1, -0.05) is 73.5 Å². The lowest BCUT2D eigenvalue weighted by molar-refractivity contribution is -0.140. The van der Waals surface area contributed by atoms with Crippen LogP contribution in [0.25, 0.3) is 0 Å². The summed E-state index contributed by atoms with van der Waals surface area (Å²) < 4.78 is 38.6. The van der Waals surface area contributed by atoms with E-state index in [0.29, 0.717) is 18.0 Å². The third-order valence-corrected chi connectivity index (χ3v) is 8.90. The normalized spacial score (nSPS) is 12.9. The molecule has 1 atom stereocenters. The zero-order valence-corrected chi connectivity index (χ0v) is 25.2. The number of nitrogens with zero attached hydrogens (tertiary/aromatic N) is 2.